The van der Waals surface area contributed by atoms with Crippen LogP contribution < -0.4 is 15.8 Å². The largest absolute Gasteiger partial charge is 0.287 e. The zero-order valence-electron chi connectivity index (χ0n) is 14.4. The van der Waals surface area contributed by atoms with Gasteiger partial charge < -0.3 is 0 Å². The Morgan fingerprint density at radius 2 is 1.73 bits per heavy atom. The maximum Gasteiger partial charge on any atom is 0.265 e. The molecule has 2 aromatic carbocycles. The van der Waals surface area contributed by atoms with E-state index in [0.29, 0.717) is 11.1 Å². The van der Waals surface area contributed by atoms with E-state index in [1.54, 1.807) is 37.3 Å². The van der Waals surface area contributed by atoms with Crippen LogP contribution in [0.1, 0.15) is 27.9 Å². The van der Waals surface area contributed by atoms with Crippen molar-refractivity contribution in [2.24, 2.45) is 0 Å². The molecule has 134 valence electrons. The van der Waals surface area contributed by atoms with Crippen molar-refractivity contribution in [2.45, 2.75) is 26.3 Å². The molecule has 1 fully saturated rings. The summed E-state index contributed by atoms with van der Waals surface area (Å²) in [5.74, 6) is -2.21. The van der Waals surface area contributed by atoms with Crippen LogP contribution in [0.2, 0.25) is 0 Å². The first-order valence-electron chi connectivity index (χ1n) is 8.12. The molecule has 0 saturated carbocycles. The highest BCUT2D eigenvalue weighted by Gasteiger charge is 2.40. The van der Waals surface area contributed by atoms with Crippen molar-refractivity contribution in [3.05, 3.63) is 65.0 Å². The fourth-order valence-electron chi connectivity index (χ4n) is 2.72. The molecule has 1 saturated heterocycles. The number of carbonyl (C=O) groups excluding carboxylic acids is 3. The number of rotatable bonds is 4. The summed E-state index contributed by atoms with van der Waals surface area (Å²) in [6.07, 6.45) is -0.166. The number of nitrogens with one attached hydrogen (secondary N) is 2. The number of hydrazine groups is 1. The third-order valence-corrected chi connectivity index (χ3v) is 4.16. The summed E-state index contributed by atoms with van der Waals surface area (Å²) >= 11 is 0. The number of imide groups is 1. The van der Waals surface area contributed by atoms with Crippen LogP contribution in [0.3, 0.4) is 0 Å². The number of nitrogens with zero attached hydrogens (tertiary/aromatic N) is 1. The molecule has 1 aliphatic rings. The van der Waals surface area contributed by atoms with Crippen molar-refractivity contribution in [3.8, 4) is 0 Å². The van der Waals surface area contributed by atoms with Crippen LogP contribution in [-0.2, 0) is 9.59 Å². The highest BCUT2D eigenvalue weighted by atomic mass is 19.1. The summed E-state index contributed by atoms with van der Waals surface area (Å²) in [5.41, 5.74) is 7.03. The van der Waals surface area contributed by atoms with E-state index in [1.807, 2.05) is 6.92 Å². The van der Waals surface area contributed by atoms with Gasteiger partial charge in [-0.25, -0.2) is 14.7 Å². The molecule has 2 aromatic rings. The van der Waals surface area contributed by atoms with Crippen molar-refractivity contribution in [1.82, 2.24) is 10.9 Å². The van der Waals surface area contributed by atoms with Crippen LogP contribution in [0.15, 0.2) is 42.5 Å². The Hall–Kier alpha value is -3.06. The second-order valence-corrected chi connectivity index (χ2v) is 6.24. The van der Waals surface area contributed by atoms with Gasteiger partial charge in [0, 0.05) is 5.56 Å². The molecule has 0 radical (unpaired) electrons. The summed E-state index contributed by atoms with van der Waals surface area (Å²) in [6.45, 7) is 3.62. The Bertz CT molecular complexity index is 880. The van der Waals surface area contributed by atoms with E-state index in [-0.39, 0.29) is 12.1 Å². The van der Waals surface area contributed by atoms with Gasteiger partial charge in [0.1, 0.15) is 11.9 Å². The fraction of sp³-hybridized carbons (Fsp3) is 0.211. The first-order chi connectivity index (χ1) is 12.4. The summed E-state index contributed by atoms with van der Waals surface area (Å²) in [7, 11) is 0. The number of aryl methyl sites for hydroxylation is 2. The van der Waals surface area contributed by atoms with E-state index >= 15 is 0 Å². The third kappa shape index (κ3) is 3.48. The second kappa shape index (κ2) is 7.05. The van der Waals surface area contributed by atoms with Crippen LogP contribution in [0, 0.1) is 19.7 Å². The fourth-order valence-corrected chi connectivity index (χ4v) is 2.72. The Labute approximate surface area is 150 Å². The molecule has 2 N–H and O–H groups in total. The van der Waals surface area contributed by atoms with Gasteiger partial charge in [0.25, 0.3) is 11.8 Å². The van der Waals surface area contributed by atoms with Gasteiger partial charge in [0.2, 0.25) is 5.91 Å². The molecule has 1 unspecified atom stereocenters. The molecule has 1 heterocycles. The minimum absolute atomic E-state index is 0.0836. The number of carbonyl (C=O) groups is 3. The molecular formula is C19H18FN3O3. The molecular weight excluding hydrogens is 337 g/mol. The highest BCUT2D eigenvalue weighted by Crippen LogP contribution is 2.26. The van der Waals surface area contributed by atoms with Crippen LogP contribution in [-0.4, -0.2) is 23.8 Å². The lowest BCUT2D eigenvalue weighted by Crippen LogP contribution is -2.48. The number of halogens is 1. The summed E-state index contributed by atoms with van der Waals surface area (Å²) in [6, 6.07) is 10.2. The van der Waals surface area contributed by atoms with Gasteiger partial charge in [-0.3, -0.25) is 19.8 Å². The van der Waals surface area contributed by atoms with E-state index in [9.17, 15) is 18.8 Å². The van der Waals surface area contributed by atoms with Crippen molar-refractivity contribution >= 4 is 23.4 Å². The predicted octanol–water partition coefficient (Wildman–Crippen LogP) is 2.01. The number of anilines is 1. The topological polar surface area (TPSA) is 78.5 Å². The number of hydrogen-bond acceptors (Lipinski definition) is 4. The van der Waals surface area contributed by atoms with Gasteiger partial charge in [0.05, 0.1) is 12.1 Å². The van der Waals surface area contributed by atoms with Crippen molar-refractivity contribution in [2.75, 3.05) is 4.90 Å². The standard InChI is InChI=1S/C19H18FN3O3/c1-11-3-6-13(7-4-11)18(25)22-21-15-10-17(24)23(19(15)26)16-8-5-12(2)9-14(16)20/h3-9,15,21H,10H2,1-2H3,(H,22,25). The van der Waals surface area contributed by atoms with E-state index in [1.165, 1.54) is 12.1 Å². The minimum atomic E-state index is -0.947. The molecule has 0 spiro atoms. The first kappa shape index (κ1) is 17.8. The molecule has 1 atom stereocenters. The normalized spacial score (nSPS) is 16.9. The van der Waals surface area contributed by atoms with Crippen LogP contribution >= 0.6 is 0 Å². The number of amides is 3. The monoisotopic (exact) mass is 355 g/mol. The summed E-state index contributed by atoms with van der Waals surface area (Å²) < 4.78 is 14.1. The van der Waals surface area contributed by atoms with Crippen molar-refractivity contribution in [3.63, 3.8) is 0 Å². The zero-order chi connectivity index (χ0) is 18.8. The van der Waals surface area contributed by atoms with E-state index in [2.05, 4.69) is 10.9 Å². The molecule has 3 rings (SSSR count). The first-order valence-corrected chi connectivity index (χ1v) is 8.12. The molecule has 26 heavy (non-hydrogen) atoms. The average molecular weight is 355 g/mol. The van der Waals surface area contributed by atoms with Gasteiger partial charge in [-0.2, -0.15) is 0 Å². The van der Waals surface area contributed by atoms with Crippen molar-refractivity contribution in [1.29, 1.82) is 0 Å². The summed E-state index contributed by atoms with van der Waals surface area (Å²) in [4.78, 5) is 37.6. The van der Waals surface area contributed by atoms with Crippen LogP contribution in [0.5, 0.6) is 0 Å². The summed E-state index contributed by atoms with van der Waals surface area (Å²) in [5, 5.41) is 0. The third-order valence-electron chi connectivity index (χ3n) is 4.16. The highest BCUT2D eigenvalue weighted by molar-refractivity contribution is 6.22. The van der Waals surface area contributed by atoms with Crippen molar-refractivity contribution < 1.29 is 18.8 Å². The maximum absolute atomic E-state index is 14.1. The molecule has 0 aliphatic carbocycles. The average Bonchev–Trinajstić information content (AvgIpc) is 2.88. The Morgan fingerprint density at radius 1 is 1.08 bits per heavy atom. The lowest BCUT2D eigenvalue weighted by atomic mass is 10.1. The van der Waals surface area contributed by atoms with Gasteiger partial charge >= 0.3 is 0 Å². The molecule has 7 heteroatoms. The number of hydrogen-bond donors (Lipinski definition) is 2. The van der Waals surface area contributed by atoms with Gasteiger partial charge in [-0.1, -0.05) is 23.8 Å². The molecule has 6 nitrogen and oxygen atoms in total. The Balaban J connectivity index is 1.69. The predicted molar refractivity (Wildman–Crippen MR) is 93.8 cm³/mol. The van der Waals surface area contributed by atoms with Gasteiger partial charge in [-0.15, -0.1) is 0 Å². The second-order valence-electron chi connectivity index (χ2n) is 6.24. The SMILES string of the molecule is Cc1ccc(C(=O)NNC2CC(=O)N(c3ccc(C)cc3F)C2=O)cc1. The van der Waals surface area contributed by atoms with E-state index < -0.39 is 29.6 Å². The Morgan fingerprint density at radius 3 is 2.38 bits per heavy atom. The molecule has 0 bridgehead atoms. The molecule has 0 aromatic heterocycles. The zero-order valence-corrected chi connectivity index (χ0v) is 14.4. The van der Waals surface area contributed by atoms with Crippen LogP contribution in [0.4, 0.5) is 10.1 Å². The number of benzene rings is 2. The minimum Gasteiger partial charge on any atom is -0.287 e. The molecule has 1 aliphatic heterocycles. The lowest BCUT2D eigenvalue weighted by molar-refractivity contribution is -0.121. The van der Waals surface area contributed by atoms with Gasteiger partial charge in [0.15, 0.2) is 0 Å². The smallest absolute Gasteiger partial charge is 0.265 e. The van der Waals surface area contributed by atoms with E-state index in [0.717, 1.165) is 10.5 Å². The van der Waals surface area contributed by atoms with E-state index in [4.69, 9.17) is 0 Å². The van der Waals surface area contributed by atoms with Gasteiger partial charge in [-0.05, 0) is 43.7 Å². The lowest BCUT2D eigenvalue weighted by Gasteiger charge is -2.17. The molecule has 3 amide bonds. The van der Waals surface area contributed by atoms with Crippen LogP contribution in [0.25, 0.3) is 0 Å². The Kier molecular flexibility index (Phi) is 4.81. The quantitative estimate of drug-likeness (QED) is 0.650. The maximum atomic E-state index is 14.1.